The maximum atomic E-state index is 12.7. The van der Waals surface area contributed by atoms with Gasteiger partial charge in [-0.15, -0.1) is 0 Å². The quantitative estimate of drug-likeness (QED) is 0.586. The second-order valence-electron chi connectivity index (χ2n) is 8.56. The zero-order chi connectivity index (χ0) is 22.3. The van der Waals surface area contributed by atoms with Crippen LogP contribution < -0.4 is 15.4 Å². The molecule has 1 atom stereocenters. The molecule has 0 radical (unpaired) electrons. The molecule has 0 saturated carbocycles. The van der Waals surface area contributed by atoms with Crippen LogP contribution in [0.5, 0.6) is 5.75 Å². The van der Waals surface area contributed by atoms with Crippen molar-refractivity contribution in [2.45, 2.75) is 38.0 Å². The molecule has 7 nitrogen and oxygen atoms in total. The van der Waals surface area contributed by atoms with Crippen molar-refractivity contribution in [3.63, 3.8) is 0 Å². The van der Waals surface area contributed by atoms with E-state index in [2.05, 4.69) is 39.8 Å². The second-order valence-corrected chi connectivity index (χ2v) is 8.56. The zero-order valence-corrected chi connectivity index (χ0v) is 18.7. The van der Waals surface area contributed by atoms with E-state index in [9.17, 15) is 9.90 Å². The summed E-state index contributed by atoms with van der Waals surface area (Å²) in [6.45, 7) is 3.98. The second kappa shape index (κ2) is 10.8. The van der Waals surface area contributed by atoms with Gasteiger partial charge in [-0.05, 0) is 48.6 Å². The van der Waals surface area contributed by atoms with Crippen LogP contribution in [0.4, 0.5) is 5.69 Å². The molecule has 2 aliphatic heterocycles. The highest BCUT2D eigenvalue weighted by Crippen LogP contribution is 2.28. The molecule has 2 aliphatic rings. The highest BCUT2D eigenvalue weighted by atomic mass is 16.5. The molecular weight excluding hydrogens is 406 g/mol. The Morgan fingerprint density at radius 2 is 2.00 bits per heavy atom. The molecule has 32 heavy (non-hydrogen) atoms. The van der Waals surface area contributed by atoms with Crippen molar-refractivity contribution < 1.29 is 19.4 Å². The Balaban J connectivity index is 1.30. The summed E-state index contributed by atoms with van der Waals surface area (Å²) in [4.78, 5) is 15.0. The Labute approximate surface area is 189 Å². The number of nitrogens with one attached hydrogen (secondary N) is 2. The molecule has 0 aromatic heterocycles. The Morgan fingerprint density at radius 3 is 2.78 bits per heavy atom. The van der Waals surface area contributed by atoms with E-state index in [4.69, 9.17) is 9.47 Å². The van der Waals surface area contributed by atoms with E-state index in [0.717, 1.165) is 51.3 Å². The molecule has 1 saturated heterocycles. The van der Waals surface area contributed by atoms with Crippen molar-refractivity contribution in [2.75, 3.05) is 45.3 Å². The summed E-state index contributed by atoms with van der Waals surface area (Å²) in [7, 11) is 1.62. The van der Waals surface area contributed by atoms with Gasteiger partial charge in [-0.25, -0.2) is 0 Å². The van der Waals surface area contributed by atoms with Crippen LogP contribution in [-0.2, 0) is 17.7 Å². The summed E-state index contributed by atoms with van der Waals surface area (Å²) in [5, 5.41) is 16.9. The van der Waals surface area contributed by atoms with Gasteiger partial charge in [0.05, 0.1) is 18.9 Å². The number of methoxy groups -OCH3 is 1. The lowest BCUT2D eigenvalue weighted by Gasteiger charge is -2.30. The van der Waals surface area contributed by atoms with Gasteiger partial charge in [0, 0.05) is 51.0 Å². The van der Waals surface area contributed by atoms with Crippen LogP contribution in [0.15, 0.2) is 42.5 Å². The third kappa shape index (κ3) is 5.79. The number of nitrogens with zero attached hydrogens (tertiary/aromatic N) is 1. The molecule has 2 heterocycles. The minimum atomic E-state index is -0.623. The van der Waals surface area contributed by atoms with E-state index < -0.39 is 6.10 Å². The Morgan fingerprint density at radius 1 is 1.22 bits per heavy atom. The van der Waals surface area contributed by atoms with Crippen LogP contribution in [0.1, 0.15) is 34.3 Å². The van der Waals surface area contributed by atoms with Gasteiger partial charge in [-0.1, -0.05) is 24.3 Å². The van der Waals surface area contributed by atoms with Gasteiger partial charge < -0.3 is 25.2 Å². The van der Waals surface area contributed by atoms with Crippen LogP contribution in [0, 0.1) is 0 Å². The Hall–Kier alpha value is -2.61. The fourth-order valence-corrected chi connectivity index (χ4v) is 4.41. The van der Waals surface area contributed by atoms with E-state index >= 15 is 0 Å². The standard InChI is InChI=1S/C25H33N3O4/c1-31-24-7-6-19(14-23(24)27-21-9-12-32-13-10-21)25(30)26-15-22(29)17-28-11-8-18-4-2-3-5-20(18)16-28/h2-7,14,21-22,27,29H,8-13,15-17H2,1H3,(H,26,30). The molecular formula is C25H33N3O4. The lowest BCUT2D eigenvalue weighted by molar-refractivity contribution is 0.0841. The molecule has 1 amide bonds. The SMILES string of the molecule is COc1ccc(C(=O)NCC(O)CN2CCc3ccccc3C2)cc1NC1CCOCC1. The highest BCUT2D eigenvalue weighted by Gasteiger charge is 2.20. The number of anilines is 1. The smallest absolute Gasteiger partial charge is 0.251 e. The average Bonchev–Trinajstić information content (AvgIpc) is 2.83. The number of β-amino-alcohol motifs (C(OH)–C–C–N with tert-alkyl or cyclic N) is 1. The Kier molecular flexibility index (Phi) is 7.63. The van der Waals surface area contributed by atoms with Gasteiger partial charge in [0.2, 0.25) is 0 Å². The number of hydrogen-bond acceptors (Lipinski definition) is 6. The topological polar surface area (TPSA) is 83.1 Å². The minimum absolute atomic E-state index is 0.203. The zero-order valence-electron chi connectivity index (χ0n) is 18.7. The van der Waals surface area contributed by atoms with Crippen LogP contribution in [0.25, 0.3) is 0 Å². The predicted octanol–water partition coefficient (Wildman–Crippen LogP) is 2.44. The molecule has 3 N–H and O–H groups in total. The molecule has 7 heteroatoms. The monoisotopic (exact) mass is 439 g/mol. The lowest BCUT2D eigenvalue weighted by Crippen LogP contribution is -2.42. The fourth-order valence-electron chi connectivity index (χ4n) is 4.41. The summed E-state index contributed by atoms with van der Waals surface area (Å²) >= 11 is 0. The summed E-state index contributed by atoms with van der Waals surface area (Å²) in [6, 6.07) is 14.1. The number of amides is 1. The van der Waals surface area contributed by atoms with Gasteiger partial charge in [0.1, 0.15) is 5.75 Å². The number of aliphatic hydroxyl groups is 1. The summed E-state index contributed by atoms with van der Waals surface area (Å²) < 4.78 is 10.9. The van der Waals surface area contributed by atoms with Crippen molar-refractivity contribution in [1.82, 2.24) is 10.2 Å². The first-order valence-corrected chi connectivity index (χ1v) is 11.4. The maximum absolute atomic E-state index is 12.7. The van der Waals surface area contributed by atoms with Gasteiger partial charge >= 0.3 is 0 Å². The predicted molar refractivity (Wildman–Crippen MR) is 124 cm³/mol. The highest BCUT2D eigenvalue weighted by molar-refractivity contribution is 5.95. The lowest BCUT2D eigenvalue weighted by atomic mass is 10.00. The van der Waals surface area contributed by atoms with E-state index in [-0.39, 0.29) is 12.5 Å². The molecule has 1 unspecified atom stereocenters. The van der Waals surface area contributed by atoms with E-state index in [1.165, 1.54) is 11.1 Å². The van der Waals surface area contributed by atoms with Crippen molar-refractivity contribution in [3.8, 4) is 5.75 Å². The van der Waals surface area contributed by atoms with Crippen LogP contribution >= 0.6 is 0 Å². The number of ether oxygens (including phenoxy) is 2. The average molecular weight is 440 g/mol. The molecule has 0 spiro atoms. The summed E-state index contributed by atoms with van der Waals surface area (Å²) in [5.74, 6) is 0.504. The van der Waals surface area contributed by atoms with Crippen molar-refractivity contribution in [1.29, 1.82) is 0 Å². The van der Waals surface area contributed by atoms with Crippen LogP contribution in [0.2, 0.25) is 0 Å². The largest absolute Gasteiger partial charge is 0.495 e. The summed E-state index contributed by atoms with van der Waals surface area (Å²) in [6.07, 6.45) is 2.21. The maximum Gasteiger partial charge on any atom is 0.251 e. The number of carbonyl (C=O) groups excluding carboxylic acids is 1. The van der Waals surface area contributed by atoms with Gasteiger partial charge in [-0.2, -0.15) is 0 Å². The van der Waals surface area contributed by atoms with Gasteiger partial charge in [-0.3, -0.25) is 9.69 Å². The first kappa shape index (κ1) is 22.6. The van der Waals surface area contributed by atoms with E-state index in [1.54, 1.807) is 19.2 Å². The molecule has 0 bridgehead atoms. The number of rotatable bonds is 8. The van der Waals surface area contributed by atoms with Crippen LogP contribution in [0.3, 0.4) is 0 Å². The number of carbonyl (C=O) groups is 1. The normalized spacial score (nSPS) is 17.9. The summed E-state index contributed by atoms with van der Waals surface area (Å²) in [5.41, 5.74) is 4.05. The number of fused-ring (bicyclic) bond motifs is 1. The minimum Gasteiger partial charge on any atom is -0.495 e. The molecule has 1 fully saturated rings. The molecule has 4 rings (SSSR count). The van der Waals surface area contributed by atoms with Crippen molar-refractivity contribution in [2.24, 2.45) is 0 Å². The molecule has 0 aliphatic carbocycles. The first-order valence-electron chi connectivity index (χ1n) is 11.4. The van der Waals surface area contributed by atoms with Gasteiger partial charge in [0.15, 0.2) is 0 Å². The van der Waals surface area contributed by atoms with Gasteiger partial charge in [0.25, 0.3) is 5.91 Å². The van der Waals surface area contributed by atoms with Crippen LogP contribution in [-0.4, -0.2) is 68.0 Å². The molecule has 2 aromatic rings. The molecule has 172 valence electrons. The van der Waals surface area contributed by atoms with Crippen molar-refractivity contribution in [3.05, 3.63) is 59.2 Å². The third-order valence-electron chi connectivity index (χ3n) is 6.22. The van der Waals surface area contributed by atoms with Crippen molar-refractivity contribution >= 4 is 11.6 Å². The Bertz CT molecular complexity index is 914. The first-order chi connectivity index (χ1) is 15.6. The number of benzene rings is 2. The number of aliphatic hydroxyl groups excluding tert-OH is 1. The van der Waals surface area contributed by atoms with E-state index in [1.807, 2.05) is 6.07 Å². The fraction of sp³-hybridized carbons (Fsp3) is 0.480. The molecule has 2 aromatic carbocycles. The van der Waals surface area contributed by atoms with E-state index in [0.29, 0.717) is 23.9 Å². The number of hydrogen-bond donors (Lipinski definition) is 3. The third-order valence-corrected chi connectivity index (χ3v) is 6.22.